The molecule has 2 heterocycles. The van der Waals surface area contributed by atoms with Gasteiger partial charge in [-0.3, -0.25) is 0 Å². The maximum atomic E-state index is 4.28. The van der Waals surface area contributed by atoms with Crippen molar-refractivity contribution >= 4 is 34.0 Å². The number of anilines is 2. The van der Waals surface area contributed by atoms with Gasteiger partial charge in [-0.15, -0.1) is 11.3 Å². The van der Waals surface area contributed by atoms with Crippen molar-refractivity contribution in [2.45, 2.75) is 18.2 Å². The summed E-state index contributed by atoms with van der Waals surface area (Å²) in [4.78, 5) is 14.9. The van der Waals surface area contributed by atoms with Crippen molar-refractivity contribution in [3.8, 4) is 0 Å². The zero-order chi connectivity index (χ0) is 14.2. The number of nitrogens with one attached hydrogen (secondary N) is 2. The second-order valence-electron chi connectivity index (χ2n) is 3.88. The van der Waals surface area contributed by atoms with Crippen molar-refractivity contribution in [1.82, 2.24) is 15.0 Å². The SMILES string of the molecule is C/C=C\Sc1cncnc1NCCc1cnc(NC)s1. The molecule has 0 radical (unpaired) electrons. The molecule has 2 rings (SSSR count). The molecular weight excluding hydrogens is 290 g/mol. The van der Waals surface area contributed by atoms with E-state index in [0.717, 1.165) is 28.8 Å². The topological polar surface area (TPSA) is 62.7 Å². The van der Waals surface area contributed by atoms with Crippen LogP contribution in [0.3, 0.4) is 0 Å². The monoisotopic (exact) mass is 307 g/mol. The largest absolute Gasteiger partial charge is 0.369 e. The van der Waals surface area contributed by atoms with Gasteiger partial charge in [-0.2, -0.15) is 0 Å². The van der Waals surface area contributed by atoms with Gasteiger partial charge in [0.05, 0.1) is 4.90 Å². The average Bonchev–Trinajstić information content (AvgIpc) is 2.94. The van der Waals surface area contributed by atoms with E-state index in [9.17, 15) is 0 Å². The van der Waals surface area contributed by atoms with Gasteiger partial charge >= 0.3 is 0 Å². The van der Waals surface area contributed by atoms with Gasteiger partial charge in [-0.05, 0) is 12.3 Å². The minimum atomic E-state index is 0.825. The predicted octanol–water partition coefficient (Wildman–Crippen LogP) is 3.26. The van der Waals surface area contributed by atoms with Crippen LogP contribution in [0.5, 0.6) is 0 Å². The molecule has 0 aliphatic heterocycles. The Morgan fingerprint density at radius 2 is 2.25 bits per heavy atom. The summed E-state index contributed by atoms with van der Waals surface area (Å²) in [7, 11) is 1.88. The van der Waals surface area contributed by atoms with E-state index in [1.54, 1.807) is 29.4 Å². The highest BCUT2D eigenvalue weighted by atomic mass is 32.2. The third-order valence-corrected chi connectivity index (χ3v) is 4.48. The Labute approximate surface area is 127 Å². The lowest BCUT2D eigenvalue weighted by Crippen LogP contribution is -2.06. The fourth-order valence-electron chi connectivity index (χ4n) is 1.52. The highest BCUT2D eigenvalue weighted by Gasteiger charge is 2.04. The maximum absolute atomic E-state index is 4.28. The maximum Gasteiger partial charge on any atom is 0.182 e. The Kier molecular flexibility index (Phi) is 5.82. The summed E-state index contributed by atoms with van der Waals surface area (Å²) in [5.41, 5.74) is 0. The zero-order valence-corrected chi connectivity index (χ0v) is 13.1. The molecule has 106 valence electrons. The lowest BCUT2D eigenvalue weighted by molar-refractivity contribution is 0.993. The van der Waals surface area contributed by atoms with Crippen LogP contribution in [0, 0.1) is 0 Å². The second kappa shape index (κ2) is 7.86. The Hall–Kier alpha value is -1.60. The first-order valence-electron chi connectivity index (χ1n) is 6.27. The van der Waals surface area contributed by atoms with Gasteiger partial charge in [0, 0.05) is 37.3 Å². The molecular formula is C13H17N5S2. The minimum Gasteiger partial charge on any atom is -0.369 e. The number of rotatable bonds is 7. The quantitative estimate of drug-likeness (QED) is 0.766. The molecule has 0 amide bonds. The van der Waals surface area contributed by atoms with Gasteiger partial charge in [0.1, 0.15) is 12.1 Å². The summed E-state index contributed by atoms with van der Waals surface area (Å²) in [6.45, 7) is 2.82. The normalized spacial score (nSPS) is 10.9. The Bertz CT molecular complexity index is 567. The van der Waals surface area contributed by atoms with Crippen LogP contribution in [0.2, 0.25) is 0 Å². The minimum absolute atomic E-state index is 0.825. The molecule has 0 aliphatic carbocycles. The van der Waals surface area contributed by atoms with E-state index >= 15 is 0 Å². The molecule has 0 spiro atoms. The van der Waals surface area contributed by atoms with Crippen molar-refractivity contribution in [3.05, 3.63) is 35.1 Å². The van der Waals surface area contributed by atoms with Crippen LogP contribution in [0.15, 0.2) is 35.1 Å². The smallest absolute Gasteiger partial charge is 0.182 e. The van der Waals surface area contributed by atoms with Crippen molar-refractivity contribution in [2.75, 3.05) is 24.2 Å². The van der Waals surface area contributed by atoms with Gasteiger partial charge < -0.3 is 10.6 Å². The third-order valence-electron chi connectivity index (χ3n) is 2.44. The number of thiazole rings is 1. The molecule has 0 aliphatic rings. The van der Waals surface area contributed by atoms with Gasteiger partial charge in [-0.25, -0.2) is 15.0 Å². The van der Waals surface area contributed by atoms with Crippen molar-refractivity contribution in [2.24, 2.45) is 0 Å². The lowest BCUT2D eigenvalue weighted by atomic mass is 10.4. The van der Waals surface area contributed by atoms with Gasteiger partial charge in [-0.1, -0.05) is 17.8 Å². The van der Waals surface area contributed by atoms with Crippen LogP contribution >= 0.6 is 23.1 Å². The highest BCUT2D eigenvalue weighted by molar-refractivity contribution is 8.02. The summed E-state index contributed by atoms with van der Waals surface area (Å²) in [5, 5.41) is 9.36. The Balaban J connectivity index is 1.90. The molecule has 2 N–H and O–H groups in total. The molecule has 0 unspecified atom stereocenters. The first kappa shape index (κ1) is 14.8. The van der Waals surface area contributed by atoms with Crippen molar-refractivity contribution in [3.63, 3.8) is 0 Å². The van der Waals surface area contributed by atoms with E-state index in [-0.39, 0.29) is 0 Å². The van der Waals surface area contributed by atoms with Crippen molar-refractivity contribution in [1.29, 1.82) is 0 Å². The average molecular weight is 307 g/mol. The van der Waals surface area contributed by atoms with Crippen LogP contribution in [0.25, 0.3) is 0 Å². The molecule has 20 heavy (non-hydrogen) atoms. The van der Waals surface area contributed by atoms with Crippen molar-refractivity contribution < 1.29 is 0 Å². The van der Waals surface area contributed by atoms with E-state index in [2.05, 4.69) is 25.6 Å². The summed E-state index contributed by atoms with van der Waals surface area (Å²) >= 11 is 3.29. The number of nitrogens with zero attached hydrogens (tertiary/aromatic N) is 3. The molecule has 0 fully saturated rings. The number of hydrogen-bond donors (Lipinski definition) is 2. The molecule has 0 aromatic carbocycles. The summed E-state index contributed by atoms with van der Waals surface area (Å²) < 4.78 is 0. The molecule has 7 heteroatoms. The van der Waals surface area contributed by atoms with Gasteiger partial charge in [0.2, 0.25) is 0 Å². The van der Waals surface area contributed by atoms with Crippen LogP contribution in [-0.2, 0) is 6.42 Å². The van der Waals surface area contributed by atoms with Crippen LogP contribution < -0.4 is 10.6 Å². The summed E-state index contributed by atoms with van der Waals surface area (Å²) in [6, 6.07) is 0. The second-order valence-corrected chi connectivity index (χ2v) is 5.94. The first-order valence-corrected chi connectivity index (χ1v) is 7.97. The standard InChI is InChI=1S/C13H17N5S2/c1-3-6-19-11-8-15-9-18-12(11)16-5-4-10-7-17-13(14-2)20-10/h3,6-9H,4-5H2,1-2H3,(H,14,17)(H,15,16,18)/b6-3-. The zero-order valence-electron chi connectivity index (χ0n) is 11.5. The highest BCUT2D eigenvalue weighted by Crippen LogP contribution is 2.25. The first-order chi connectivity index (χ1) is 9.83. The summed E-state index contributed by atoms with van der Waals surface area (Å²) in [5.74, 6) is 0.876. The van der Waals surface area contributed by atoms with E-state index < -0.39 is 0 Å². The third kappa shape index (κ3) is 4.21. The predicted molar refractivity (Wildman–Crippen MR) is 86.6 cm³/mol. The Morgan fingerprint density at radius 1 is 1.35 bits per heavy atom. The number of allylic oxidation sites excluding steroid dienone is 1. The van der Waals surface area contributed by atoms with E-state index in [0.29, 0.717) is 0 Å². The van der Waals surface area contributed by atoms with Gasteiger partial charge in [0.25, 0.3) is 0 Å². The molecule has 0 saturated carbocycles. The van der Waals surface area contributed by atoms with Crippen LogP contribution in [-0.4, -0.2) is 28.5 Å². The molecule has 0 atom stereocenters. The number of thioether (sulfide) groups is 1. The molecule has 5 nitrogen and oxygen atoms in total. The van der Waals surface area contributed by atoms with Crippen LogP contribution in [0.4, 0.5) is 10.9 Å². The fourth-order valence-corrected chi connectivity index (χ4v) is 2.93. The number of hydrogen-bond acceptors (Lipinski definition) is 7. The summed E-state index contributed by atoms with van der Waals surface area (Å²) in [6.07, 6.45) is 8.22. The van der Waals surface area contributed by atoms with E-state index in [1.807, 2.05) is 37.8 Å². The van der Waals surface area contributed by atoms with E-state index in [1.165, 1.54) is 4.88 Å². The molecule has 2 aromatic heterocycles. The van der Waals surface area contributed by atoms with E-state index in [4.69, 9.17) is 0 Å². The molecule has 0 saturated heterocycles. The lowest BCUT2D eigenvalue weighted by Gasteiger charge is -2.07. The molecule has 2 aromatic rings. The number of aromatic nitrogens is 3. The van der Waals surface area contributed by atoms with Gasteiger partial charge in [0.15, 0.2) is 5.13 Å². The van der Waals surface area contributed by atoms with Crippen LogP contribution in [0.1, 0.15) is 11.8 Å². The molecule has 0 bridgehead atoms. The Morgan fingerprint density at radius 3 is 3.00 bits per heavy atom. The fraction of sp³-hybridized carbons (Fsp3) is 0.308.